The van der Waals surface area contributed by atoms with Crippen LogP contribution in [0.5, 0.6) is 0 Å². The number of piperidine rings is 1. The second-order valence-corrected chi connectivity index (χ2v) is 9.64. The molecule has 4 N–H and O–H groups in total. The highest BCUT2D eigenvalue weighted by atomic mass is 35.5. The number of nitrogens with zero attached hydrogens (tertiary/aromatic N) is 3. The molecule has 0 amide bonds. The molecule has 1 aliphatic carbocycles. The summed E-state index contributed by atoms with van der Waals surface area (Å²) in [4.78, 5) is 13.1. The van der Waals surface area contributed by atoms with Crippen molar-refractivity contribution >= 4 is 34.9 Å². The summed E-state index contributed by atoms with van der Waals surface area (Å²) in [6.07, 6.45) is 6.75. The van der Waals surface area contributed by atoms with Gasteiger partial charge in [0, 0.05) is 52.7 Å². The van der Waals surface area contributed by atoms with E-state index < -0.39 is 0 Å². The lowest BCUT2D eigenvalue weighted by Crippen LogP contribution is -2.44. The zero-order valence-electron chi connectivity index (χ0n) is 16.6. The molecular weight excluding hydrogens is 414 g/mol. The van der Waals surface area contributed by atoms with Crippen molar-refractivity contribution in [1.82, 2.24) is 9.97 Å². The van der Waals surface area contributed by atoms with E-state index in [1.54, 1.807) is 18.0 Å². The summed E-state index contributed by atoms with van der Waals surface area (Å²) >= 11 is 7.87. The topological polar surface area (TPSA) is 81.1 Å². The summed E-state index contributed by atoms with van der Waals surface area (Å²) in [6.45, 7) is 2.03. The van der Waals surface area contributed by atoms with Gasteiger partial charge >= 0.3 is 0 Å². The number of hydrogen-bond acceptors (Lipinski definition) is 6. The number of halogens is 1. The molecule has 2 aromatic heterocycles. The Morgan fingerprint density at radius 2 is 1.80 bits per heavy atom. The zero-order chi connectivity index (χ0) is 20.7. The Morgan fingerprint density at radius 1 is 1.03 bits per heavy atom. The first-order chi connectivity index (χ1) is 14.6. The van der Waals surface area contributed by atoms with E-state index in [0.29, 0.717) is 10.8 Å². The van der Waals surface area contributed by atoms with Gasteiger partial charge in [0.25, 0.3) is 0 Å². The van der Waals surface area contributed by atoms with Crippen molar-refractivity contribution in [1.29, 1.82) is 0 Å². The predicted octanol–water partition coefficient (Wildman–Crippen LogP) is 4.71. The van der Waals surface area contributed by atoms with Crippen molar-refractivity contribution < 1.29 is 0 Å². The molecule has 1 aromatic carbocycles. The maximum atomic E-state index is 6.67. The lowest BCUT2D eigenvalue weighted by molar-refractivity contribution is 0.187. The monoisotopic (exact) mass is 437 g/mol. The van der Waals surface area contributed by atoms with Crippen LogP contribution < -0.4 is 16.4 Å². The number of pyridine rings is 2. The van der Waals surface area contributed by atoms with Crippen molar-refractivity contribution in [3.05, 3.63) is 71.1 Å². The molecule has 1 atom stereocenters. The van der Waals surface area contributed by atoms with Crippen LogP contribution >= 0.6 is 23.4 Å². The molecule has 1 fully saturated rings. The molecule has 0 unspecified atom stereocenters. The van der Waals surface area contributed by atoms with Crippen LogP contribution in [0.1, 0.15) is 30.1 Å². The minimum atomic E-state index is 0.0969. The Morgan fingerprint density at radius 3 is 2.53 bits per heavy atom. The Bertz CT molecular complexity index is 1060. The molecule has 3 heterocycles. The number of benzene rings is 1. The summed E-state index contributed by atoms with van der Waals surface area (Å²) in [5.41, 5.74) is 16.3. The number of hydrogen-bond donors (Lipinski definition) is 2. The van der Waals surface area contributed by atoms with Crippen LogP contribution in [0.25, 0.3) is 0 Å². The van der Waals surface area contributed by atoms with Crippen molar-refractivity contribution in [3.8, 4) is 0 Å². The summed E-state index contributed by atoms with van der Waals surface area (Å²) in [6, 6.07) is 14.8. The average Bonchev–Trinajstić information content (AvgIpc) is 3.04. The molecule has 0 radical (unpaired) electrons. The first kappa shape index (κ1) is 19.7. The quantitative estimate of drug-likeness (QED) is 0.617. The van der Waals surface area contributed by atoms with Crippen LogP contribution in [0, 0.1) is 5.41 Å². The molecule has 7 heteroatoms. The Kier molecular flexibility index (Phi) is 5.09. The number of nitrogen functional groups attached to an aromatic ring is 1. The summed E-state index contributed by atoms with van der Waals surface area (Å²) < 4.78 is 0. The third-order valence-electron chi connectivity index (χ3n) is 6.51. The smallest absolute Gasteiger partial charge is 0.143 e. The Balaban J connectivity index is 1.26. The van der Waals surface area contributed by atoms with Crippen LogP contribution in [-0.4, -0.2) is 23.1 Å². The number of aromatic nitrogens is 2. The molecule has 0 bridgehead atoms. The van der Waals surface area contributed by atoms with E-state index in [1.807, 2.05) is 18.3 Å². The van der Waals surface area contributed by atoms with Crippen LogP contribution in [0.15, 0.2) is 64.6 Å². The third-order valence-corrected chi connectivity index (χ3v) is 8.09. The van der Waals surface area contributed by atoms with Gasteiger partial charge in [-0.1, -0.05) is 29.4 Å². The van der Waals surface area contributed by atoms with Crippen molar-refractivity contribution in [2.45, 2.75) is 35.1 Å². The van der Waals surface area contributed by atoms with Gasteiger partial charge in [-0.25, -0.2) is 4.98 Å². The molecule has 30 heavy (non-hydrogen) atoms. The fourth-order valence-corrected chi connectivity index (χ4v) is 5.80. The standard InChI is InChI=1S/C23H24ClN5S/c24-20-19(7-11-28-22(20)26)30-16-5-3-15(4-6-16)29-12-8-23(9-13-29)14-18-17(21(23)25)2-1-10-27-18/h1-7,10-11,21H,8-9,12-14,25H2,(H2,26,28)/t21-/m1/s1. The van der Waals surface area contributed by atoms with E-state index in [4.69, 9.17) is 23.1 Å². The van der Waals surface area contributed by atoms with E-state index in [1.165, 1.54) is 16.9 Å². The first-order valence-corrected chi connectivity index (χ1v) is 11.4. The van der Waals surface area contributed by atoms with E-state index >= 15 is 0 Å². The van der Waals surface area contributed by atoms with Crippen LogP contribution in [0.2, 0.25) is 5.02 Å². The highest BCUT2D eigenvalue weighted by molar-refractivity contribution is 7.99. The van der Waals surface area contributed by atoms with Gasteiger partial charge in [-0.3, -0.25) is 4.98 Å². The minimum absolute atomic E-state index is 0.0969. The van der Waals surface area contributed by atoms with E-state index in [9.17, 15) is 0 Å². The van der Waals surface area contributed by atoms with Gasteiger partial charge in [0.05, 0.1) is 5.02 Å². The largest absolute Gasteiger partial charge is 0.382 e. The zero-order valence-corrected chi connectivity index (χ0v) is 18.2. The van der Waals surface area contributed by atoms with Crippen LogP contribution in [0.4, 0.5) is 11.5 Å². The van der Waals surface area contributed by atoms with Crippen molar-refractivity contribution in [3.63, 3.8) is 0 Å². The van der Waals surface area contributed by atoms with Crippen molar-refractivity contribution in [2.24, 2.45) is 11.1 Å². The van der Waals surface area contributed by atoms with Gasteiger partial charge in [-0.2, -0.15) is 0 Å². The summed E-state index contributed by atoms with van der Waals surface area (Å²) in [5, 5.41) is 0.510. The molecule has 3 aromatic rings. The highest BCUT2D eigenvalue weighted by Crippen LogP contribution is 2.50. The molecule has 1 saturated heterocycles. The summed E-state index contributed by atoms with van der Waals surface area (Å²) in [7, 11) is 0. The molecule has 5 rings (SSSR count). The maximum Gasteiger partial charge on any atom is 0.143 e. The Labute approximate surface area is 185 Å². The molecule has 1 spiro atoms. The second-order valence-electron chi connectivity index (χ2n) is 8.15. The minimum Gasteiger partial charge on any atom is -0.382 e. The normalized spacial score (nSPS) is 19.8. The first-order valence-electron chi connectivity index (χ1n) is 10.2. The molecule has 0 saturated carbocycles. The average molecular weight is 438 g/mol. The highest BCUT2D eigenvalue weighted by Gasteiger charge is 2.46. The lowest BCUT2D eigenvalue weighted by atomic mass is 9.73. The van der Waals surface area contributed by atoms with Crippen LogP contribution in [-0.2, 0) is 6.42 Å². The summed E-state index contributed by atoms with van der Waals surface area (Å²) in [5.74, 6) is 0.364. The maximum absolute atomic E-state index is 6.67. The van der Waals surface area contributed by atoms with Gasteiger partial charge in [0.15, 0.2) is 0 Å². The fraction of sp³-hybridized carbons (Fsp3) is 0.304. The Hall–Kier alpha value is -2.28. The van der Waals surface area contributed by atoms with Gasteiger partial charge < -0.3 is 16.4 Å². The predicted molar refractivity (Wildman–Crippen MR) is 123 cm³/mol. The number of fused-ring (bicyclic) bond motifs is 1. The van der Waals surface area contributed by atoms with E-state index in [2.05, 4.69) is 45.2 Å². The van der Waals surface area contributed by atoms with Gasteiger partial charge in [-0.15, -0.1) is 0 Å². The van der Waals surface area contributed by atoms with Gasteiger partial charge in [0.2, 0.25) is 0 Å². The van der Waals surface area contributed by atoms with Gasteiger partial charge in [0.1, 0.15) is 5.82 Å². The lowest BCUT2D eigenvalue weighted by Gasteiger charge is -2.43. The number of anilines is 2. The van der Waals surface area contributed by atoms with Crippen LogP contribution in [0.3, 0.4) is 0 Å². The number of rotatable bonds is 3. The van der Waals surface area contributed by atoms with E-state index in [0.717, 1.165) is 42.1 Å². The van der Waals surface area contributed by atoms with Gasteiger partial charge in [-0.05, 0) is 66.6 Å². The molecule has 154 valence electrons. The molecule has 1 aliphatic heterocycles. The fourth-order valence-electron chi connectivity index (χ4n) is 4.72. The molecule has 2 aliphatic rings. The third kappa shape index (κ3) is 3.43. The van der Waals surface area contributed by atoms with Crippen molar-refractivity contribution in [2.75, 3.05) is 23.7 Å². The van der Waals surface area contributed by atoms with E-state index in [-0.39, 0.29) is 11.5 Å². The second kappa shape index (κ2) is 7.76. The molecular formula is C23H24ClN5S. The molecule has 5 nitrogen and oxygen atoms in total. The SMILES string of the molecule is Nc1nccc(Sc2ccc(N3CCC4(CC3)Cc3ncccc3[C@H]4N)cc2)c1Cl. The number of nitrogens with two attached hydrogens (primary N) is 2.